The first-order valence-corrected chi connectivity index (χ1v) is 10.5. The number of halogens is 7. The number of benzene rings is 3. The molecule has 1 heterocycles. The Bertz CT molecular complexity index is 1430. The highest BCUT2D eigenvalue weighted by molar-refractivity contribution is 7.13. The number of amides is 1. The topological polar surface area (TPSA) is 51.2 Å². The minimum absolute atomic E-state index is 0.00145. The molecule has 4 nitrogen and oxygen atoms in total. The van der Waals surface area contributed by atoms with Gasteiger partial charge >= 0.3 is 12.4 Å². The Morgan fingerprint density at radius 3 is 2.34 bits per heavy atom. The molecule has 0 radical (unpaired) electrons. The van der Waals surface area contributed by atoms with Crippen LogP contribution in [0.3, 0.4) is 0 Å². The summed E-state index contributed by atoms with van der Waals surface area (Å²) < 4.78 is 101. The molecule has 1 aromatic heterocycles. The second kappa shape index (κ2) is 8.84. The molecular formula is C23H13F7N2O2S. The minimum atomic E-state index is -4.94. The molecule has 0 spiro atoms. The molecule has 0 atom stereocenters. The monoisotopic (exact) mass is 514 g/mol. The number of carbonyl (C=O) groups excluding carboxylic acids is 1. The highest BCUT2D eigenvalue weighted by Gasteiger charge is 2.34. The van der Waals surface area contributed by atoms with E-state index in [9.17, 15) is 35.5 Å². The second-order valence-electron chi connectivity index (χ2n) is 7.30. The first-order valence-electron chi connectivity index (χ1n) is 9.71. The van der Waals surface area contributed by atoms with E-state index in [0.29, 0.717) is 33.3 Å². The van der Waals surface area contributed by atoms with Crippen LogP contribution in [0.25, 0.3) is 21.2 Å². The van der Waals surface area contributed by atoms with Crippen LogP contribution in [-0.4, -0.2) is 17.4 Å². The zero-order valence-corrected chi connectivity index (χ0v) is 18.3. The van der Waals surface area contributed by atoms with Crippen molar-refractivity contribution < 1.29 is 40.3 Å². The van der Waals surface area contributed by atoms with Crippen molar-refractivity contribution in [3.8, 4) is 16.9 Å². The fraction of sp³-hybridized carbons (Fsp3) is 0.130. The smallest absolute Gasteiger partial charge is 0.419 e. The maximum atomic E-state index is 13.5. The summed E-state index contributed by atoms with van der Waals surface area (Å²) in [6, 6.07) is 9.82. The first-order chi connectivity index (χ1) is 16.4. The molecule has 0 fully saturated rings. The molecule has 0 aliphatic carbocycles. The van der Waals surface area contributed by atoms with Gasteiger partial charge in [-0.15, -0.1) is 0 Å². The molecule has 1 N–H and O–H groups in total. The third kappa shape index (κ3) is 4.92. The Morgan fingerprint density at radius 2 is 1.69 bits per heavy atom. The van der Waals surface area contributed by atoms with E-state index >= 15 is 0 Å². The molecule has 182 valence electrons. The molecule has 4 rings (SSSR count). The van der Waals surface area contributed by atoms with Crippen molar-refractivity contribution >= 4 is 33.2 Å². The number of carbonyl (C=O) groups is 1. The summed E-state index contributed by atoms with van der Waals surface area (Å²) in [5.74, 6) is -2.28. The van der Waals surface area contributed by atoms with E-state index in [1.165, 1.54) is 19.2 Å². The Hall–Kier alpha value is -3.67. The highest BCUT2D eigenvalue weighted by Crippen LogP contribution is 2.39. The minimum Gasteiger partial charge on any atom is -0.496 e. The van der Waals surface area contributed by atoms with Crippen LogP contribution in [0.5, 0.6) is 5.75 Å². The zero-order valence-electron chi connectivity index (χ0n) is 17.5. The van der Waals surface area contributed by atoms with E-state index < -0.39 is 35.2 Å². The van der Waals surface area contributed by atoms with Crippen molar-refractivity contribution in [2.24, 2.45) is 0 Å². The van der Waals surface area contributed by atoms with Gasteiger partial charge in [-0.1, -0.05) is 18.2 Å². The lowest BCUT2D eigenvalue weighted by atomic mass is 10.0. The van der Waals surface area contributed by atoms with Gasteiger partial charge in [0.25, 0.3) is 5.91 Å². The van der Waals surface area contributed by atoms with Gasteiger partial charge in [0, 0.05) is 16.6 Å². The van der Waals surface area contributed by atoms with E-state index in [2.05, 4.69) is 9.69 Å². The maximum Gasteiger partial charge on any atom is 0.419 e. The van der Waals surface area contributed by atoms with Crippen molar-refractivity contribution in [2.45, 2.75) is 12.4 Å². The summed E-state index contributed by atoms with van der Waals surface area (Å²) in [6.45, 7) is 0. The number of nitrogens with one attached hydrogen (secondary N) is 1. The summed E-state index contributed by atoms with van der Waals surface area (Å²) in [5.41, 5.74) is -1.84. The van der Waals surface area contributed by atoms with Gasteiger partial charge in [0.2, 0.25) is 0 Å². The predicted molar refractivity (Wildman–Crippen MR) is 116 cm³/mol. The van der Waals surface area contributed by atoms with Crippen LogP contribution in [0.15, 0.2) is 54.6 Å². The average Bonchev–Trinajstić information content (AvgIpc) is 3.22. The summed E-state index contributed by atoms with van der Waals surface area (Å²) in [5, 5.41) is 2.65. The molecular weight excluding hydrogens is 501 g/mol. The lowest BCUT2D eigenvalue weighted by molar-refractivity contribution is -0.140. The molecule has 0 bridgehead atoms. The van der Waals surface area contributed by atoms with Gasteiger partial charge in [-0.2, -0.15) is 30.7 Å². The number of hydrogen-bond donors (Lipinski definition) is 1. The van der Waals surface area contributed by atoms with Crippen molar-refractivity contribution in [2.75, 3.05) is 12.4 Å². The van der Waals surface area contributed by atoms with Crippen LogP contribution in [0.4, 0.5) is 36.4 Å². The average molecular weight is 514 g/mol. The molecule has 12 heteroatoms. The quantitative estimate of drug-likeness (QED) is 0.289. The number of fused-ring (bicyclic) bond motifs is 1. The van der Waals surface area contributed by atoms with E-state index in [0.717, 1.165) is 29.7 Å². The molecule has 1 amide bonds. The van der Waals surface area contributed by atoms with E-state index in [1.807, 2.05) is 0 Å². The van der Waals surface area contributed by atoms with Crippen molar-refractivity contribution in [1.82, 2.24) is 4.37 Å². The number of methoxy groups -OCH3 is 1. The van der Waals surface area contributed by atoms with Gasteiger partial charge < -0.3 is 10.1 Å². The SMILES string of the molecule is COc1cc(C(F)(F)F)ccc1-c1ccc2c(C(=O)Nc3ccc(F)c(C(F)(F)F)c3)nsc2c1. The molecule has 0 unspecified atom stereocenters. The fourth-order valence-corrected chi connectivity index (χ4v) is 4.20. The lowest BCUT2D eigenvalue weighted by Gasteiger charge is -2.13. The largest absolute Gasteiger partial charge is 0.496 e. The van der Waals surface area contributed by atoms with Gasteiger partial charge in [0.15, 0.2) is 0 Å². The highest BCUT2D eigenvalue weighted by atomic mass is 32.1. The number of nitrogens with zero attached hydrogens (tertiary/aromatic N) is 1. The second-order valence-corrected chi connectivity index (χ2v) is 8.11. The molecule has 0 saturated carbocycles. The molecule has 4 aromatic rings. The van der Waals surface area contributed by atoms with Gasteiger partial charge in [0.05, 0.1) is 22.9 Å². The van der Waals surface area contributed by atoms with E-state index in [1.54, 1.807) is 12.1 Å². The van der Waals surface area contributed by atoms with Crippen LogP contribution >= 0.6 is 11.5 Å². The van der Waals surface area contributed by atoms with Crippen LogP contribution in [0.2, 0.25) is 0 Å². The van der Waals surface area contributed by atoms with Crippen molar-refractivity contribution in [1.29, 1.82) is 0 Å². The van der Waals surface area contributed by atoms with Gasteiger partial charge in [-0.05, 0) is 53.5 Å². The van der Waals surface area contributed by atoms with Gasteiger partial charge in [0.1, 0.15) is 17.3 Å². The first kappa shape index (κ1) is 24.5. The van der Waals surface area contributed by atoms with Crippen molar-refractivity contribution in [3.05, 3.63) is 77.2 Å². The summed E-state index contributed by atoms with van der Waals surface area (Å²) >= 11 is 0.921. The van der Waals surface area contributed by atoms with Gasteiger partial charge in [-0.25, -0.2) is 4.39 Å². The third-order valence-corrected chi connectivity index (χ3v) is 5.86. The number of alkyl halides is 6. The van der Waals surface area contributed by atoms with E-state index in [4.69, 9.17) is 4.74 Å². The molecule has 0 aliphatic rings. The summed E-state index contributed by atoms with van der Waals surface area (Å²) in [6.07, 6.45) is -9.48. The Labute approximate surface area is 197 Å². The van der Waals surface area contributed by atoms with Crippen LogP contribution < -0.4 is 10.1 Å². The fourth-order valence-electron chi connectivity index (χ4n) is 3.39. The number of rotatable bonds is 4. The molecule has 0 saturated heterocycles. The Balaban J connectivity index is 1.64. The summed E-state index contributed by atoms with van der Waals surface area (Å²) in [4.78, 5) is 12.7. The molecule has 3 aromatic carbocycles. The van der Waals surface area contributed by atoms with Gasteiger partial charge in [-0.3, -0.25) is 4.79 Å². The number of ether oxygens (including phenoxy) is 1. The van der Waals surface area contributed by atoms with Crippen LogP contribution in [0.1, 0.15) is 21.6 Å². The van der Waals surface area contributed by atoms with Crippen molar-refractivity contribution in [3.63, 3.8) is 0 Å². The van der Waals surface area contributed by atoms with E-state index in [-0.39, 0.29) is 17.1 Å². The zero-order chi connectivity index (χ0) is 25.5. The number of hydrogen-bond acceptors (Lipinski definition) is 4. The number of anilines is 1. The molecule has 0 aliphatic heterocycles. The van der Waals surface area contributed by atoms with Crippen LogP contribution in [-0.2, 0) is 12.4 Å². The lowest BCUT2D eigenvalue weighted by Crippen LogP contribution is -2.14. The predicted octanol–water partition coefficient (Wildman–Crippen LogP) is 7.40. The maximum absolute atomic E-state index is 13.5. The summed E-state index contributed by atoms with van der Waals surface area (Å²) in [7, 11) is 1.24. The standard InChI is InChI=1S/C23H13F7N2O2S/c1-34-18-9-12(22(25,26)27)3-6-14(18)11-2-5-15-19(8-11)35-32-20(15)21(33)31-13-4-7-17(24)16(10-13)23(28,29)30/h2-10H,1H3,(H,31,33). The molecule has 35 heavy (non-hydrogen) atoms. The normalized spacial score (nSPS) is 12.1. The van der Waals surface area contributed by atoms with Crippen LogP contribution in [0, 0.1) is 5.82 Å². The number of aromatic nitrogens is 1. The Kier molecular flexibility index (Phi) is 6.18. The Morgan fingerprint density at radius 1 is 0.943 bits per heavy atom. The third-order valence-electron chi connectivity index (χ3n) is 5.06.